The van der Waals surface area contributed by atoms with Crippen LogP contribution in [-0.2, 0) is 16.0 Å². The molecule has 0 aromatic heterocycles. The number of halogens is 1. The van der Waals surface area contributed by atoms with E-state index in [4.69, 9.17) is 11.6 Å². The van der Waals surface area contributed by atoms with Crippen molar-refractivity contribution < 1.29 is 9.59 Å². The maximum Gasteiger partial charge on any atom is 0.313 e. The molecule has 2 amide bonds. The SMILES string of the molecule is Cc1ccc(NC(=O)C(=O)NC[C@@H](c2ccc3c(c2)CCCN3C)N2CCCC2)cc1Cl. The van der Waals surface area contributed by atoms with Gasteiger partial charge >= 0.3 is 11.8 Å². The second-order valence-electron chi connectivity index (χ2n) is 8.80. The molecule has 32 heavy (non-hydrogen) atoms. The molecular weight excluding hydrogens is 424 g/mol. The first-order valence-corrected chi connectivity index (χ1v) is 11.7. The normalized spacial score (nSPS) is 17.0. The van der Waals surface area contributed by atoms with Crippen LogP contribution in [0, 0.1) is 6.92 Å². The van der Waals surface area contributed by atoms with Crippen molar-refractivity contribution in [1.29, 1.82) is 0 Å². The number of benzene rings is 2. The summed E-state index contributed by atoms with van der Waals surface area (Å²) in [6.07, 6.45) is 4.55. The van der Waals surface area contributed by atoms with Gasteiger partial charge in [0.1, 0.15) is 0 Å². The molecule has 2 aliphatic heterocycles. The highest BCUT2D eigenvalue weighted by Gasteiger charge is 2.26. The molecule has 0 spiro atoms. The summed E-state index contributed by atoms with van der Waals surface area (Å²) in [5.74, 6) is -1.32. The van der Waals surface area contributed by atoms with E-state index in [0.29, 0.717) is 17.3 Å². The average Bonchev–Trinajstić information content (AvgIpc) is 3.31. The van der Waals surface area contributed by atoms with Gasteiger partial charge in [-0.2, -0.15) is 0 Å². The number of rotatable bonds is 5. The summed E-state index contributed by atoms with van der Waals surface area (Å²) in [7, 11) is 2.13. The summed E-state index contributed by atoms with van der Waals surface area (Å²) in [5.41, 5.74) is 5.28. The Balaban J connectivity index is 1.44. The molecule has 1 atom stereocenters. The van der Waals surface area contributed by atoms with Gasteiger partial charge in [0.2, 0.25) is 0 Å². The lowest BCUT2D eigenvalue weighted by Gasteiger charge is -2.31. The van der Waals surface area contributed by atoms with E-state index in [0.717, 1.165) is 50.9 Å². The molecule has 0 saturated carbocycles. The van der Waals surface area contributed by atoms with E-state index in [2.05, 4.69) is 45.7 Å². The monoisotopic (exact) mass is 454 g/mol. The molecule has 170 valence electrons. The van der Waals surface area contributed by atoms with Crippen molar-refractivity contribution in [3.8, 4) is 0 Å². The van der Waals surface area contributed by atoms with Crippen molar-refractivity contribution in [2.75, 3.05) is 43.4 Å². The quantitative estimate of drug-likeness (QED) is 0.672. The highest BCUT2D eigenvalue weighted by atomic mass is 35.5. The minimum Gasteiger partial charge on any atom is -0.374 e. The summed E-state index contributed by atoms with van der Waals surface area (Å²) in [6, 6.07) is 11.9. The van der Waals surface area contributed by atoms with E-state index < -0.39 is 11.8 Å². The van der Waals surface area contributed by atoms with Crippen molar-refractivity contribution in [3.63, 3.8) is 0 Å². The lowest BCUT2D eigenvalue weighted by molar-refractivity contribution is -0.136. The van der Waals surface area contributed by atoms with Crippen LogP contribution in [0.25, 0.3) is 0 Å². The number of anilines is 2. The second-order valence-corrected chi connectivity index (χ2v) is 9.21. The topological polar surface area (TPSA) is 64.7 Å². The van der Waals surface area contributed by atoms with E-state index >= 15 is 0 Å². The zero-order chi connectivity index (χ0) is 22.7. The van der Waals surface area contributed by atoms with Crippen molar-refractivity contribution in [3.05, 3.63) is 58.1 Å². The number of hydrogen-bond acceptors (Lipinski definition) is 4. The van der Waals surface area contributed by atoms with Crippen molar-refractivity contribution in [2.24, 2.45) is 0 Å². The number of fused-ring (bicyclic) bond motifs is 1. The van der Waals surface area contributed by atoms with Crippen LogP contribution in [0.2, 0.25) is 5.02 Å². The van der Waals surface area contributed by atoms with Crippen LogP contribution in [0.15, 0.2) is 36.4 Å². The first-order chi connectivity index (χ1) is 15.4. The van der Waals surface area contributed by atoms with Crippen LogP contribution in [0.3, 0.4) is 0 Å². The van der Waals surface area contributed by atoms with Crippen LogP contribution in [0.4, 0.5) is 11.4 Å². The summed E-state index contributed by atoms with van der Waals surface area (Å²) < 4.78 is 0. The van der Waals surface area contributed by atoms with Gasteiger partial charge in [0.15, 0.2) is 0 Å². The van der Waals surface area contributed by atoms with Gasteiger partial charge in [-0.15, -0.1) is 0 Å². The van der Waals surface area contributed by atoms with Gasteiger partial charge < -0.3 is 15.5 Å². The Kier molecular flexibility index (Phi) is 7.01. The zero-order valence-electron chi connectivity index (χ0n) is 18.8. The van der Waals surface area contributed by atoms with Gasteiger partial charge in [0, 0.05) is 36.5 Å². The Labute approximate surface area is 194 Å². The third-order valence-electron chi connectivity index (χ3n) is 6.51. The Morgan fingerprint density at radius 1 is 1.03 bits per heavy atom. The highest BCUT2D eigenvalue weighted by molar-refractivity contribution is 6.39. The molecule has 0 aliphatic carbocycles. The van der Waals surface area contributed by atoms with Crippen LogP contribution >= 0.6 is 11.6 Å². The van der Waals surface area contributed by atoms with Gasteiger partial charge in [0.25, 0.3) is 0 Å². The second kappa shape index (κ2) is 9.92. The lowest BCUT2D eigenvalue weighted by atomic mass is 9.96. The van der Waals surface area contributed by atoms with E-state index in [-0.39, 0.29) is 6.04 Å². The Bertz CT molecular complexity index is 1000. The van der Waals surface area contributed by atoms with Crippen molar-refractivity contribution in [2.45, 2.75) is 38.6 Å². The van der Waals surface area contributed by atoms with Gasteiger partial charge in [-0.1, -0.05) is 29.8 Å². The van der Waals surface area contributed by atoms with E-state index in [1.54, 1.807) is 12.1 Å². The van der Waals surface area contributed by atoms with E-state index in [1.165, 1.54) is 16.8 Å². The molecule has 2 heterocycles. The predicted molar refractivity (Wildman–Crippen MR) is 129 cm³/mol. The first kappa shape index (κ1) is 22.6. The minimum absolute atomic E-state index is 0.0561. The number of nitrogens with zero attached hydrogens (tertiary/aromatic N) is 2. The largest absolute Gasteiger partial charge is 0.374 e. The van der Waals surface area contributed by atoms with Crippen LogP contribution < -0.4 is 15.5 Å². The minimum atomic E-state index is -0.683. The number of nitrogens with one attached hydrogen (secondary N) is 2. The Morgan fingerprint density at radius 2 is 1.81 bits per heavy atom. The molecule has 4 rings (SSSR count). The molecule has 1 saturated heterocycles. The standard InChI is InChI=1S/C25H31ClN4O2/c1-17-7-9-20(15-21(17)26)28-25(32)24(31)27-16-23(30-12-3-4-13-30)19-8-10-22-18(14-19)6-5-11-29(22)2/h7-10,14-15,23H,3-6,11-13,16H2,1-2H3,(H,27,31)(H,28,32)/t23-/m0/s1. The molecule has 6 nitrogen and oxygen atoms in total. The molecule has 1 fully saturated rings. The third-order valence-corrected chi connectivity index (χ3v) is 6.92. The Morgan fingerprint density at radius 3 is 2.56 bits per heavy atom. The number of amides is 2. The van der Waals surface area contributed by atoms with Crippen molar-refractivity contribution >= 4 is 34.8 Å². The molecule has 2 N–H and O–H groups in total. The summed E-state index contributed by atoms with van der Waals surface area (Å²) >= 11 is 6.12. The number of carbonyl (C=O) groups excluding carboxylic acids is 2. The summed E-state index contributed by atoms with van der Waals surface area (Å²) in [4.78, 5) is 29.7. The van der Waals surface area contributed by atoms with Crippen molar-refractivity contribution in [1.82, 2.24) is 10.2 Å². The van der Waals surface area contributed by atoms with Gasteiger partial charge in [-0.25, -0.2) is 0 Å². The predicted octanol–water partition coefficient (Wildman–Crippen LogP) is 3.92. The van der Waals surface area contributed by atoms with Crippen LogP contribution in [0.1, 0.15) is 42.0 Å². The fraction of sp³-hybridized carbons (Fsp3) is 0.440. The molecule has 0 bridgehead atoms. The fourth-order valence-electron chi connectivity index (χ4n) is 4.65. The van der Waals surface area contributed by atoms with Gasteiger partial charge in [-0.05, 0) is 80.6 Å². The lowest BCUT2D eigenvalue weighted by Crippen LogP contribution is -2.41. The summed E-state index contributed by atoms with van der Waals surface area (Å²) in [6.45, 7) is 5.38. The number of likely N-dealkylation sites (tertiary alicyclic amines) is 1. The van der Waals surface area contributed by atoms with Crippen LogP contribution in [0.5, 0.6) is 0 Å². The fourth-order valence-corrected chi connectivity index (χ4v) is 4.83. The smallest absolute Gasteiger partial charge is 0.313 e. The maximum atomic E-state index is 12.5. The van der Waals surface area contributed by atoms with Gasteiger partial charge in [0.05, 0.1) is 6.04 Å². The third kappa shape index (κ3) is 5.08. The maximum absolute atomic E-state index is 12.5. The molecular formula is C25H31ClN4O2. The van der Waals surface area contributed by atoms with Gasteiger partial charge in [-0.3, -0.25) is 14.5 Å². The summed E-state index contributed by atoms with van der Waals surface area (Å²) in [5, 5.41) is 6.04. The van der Waals surface area contributed by atoms with Crippen LogP contribution in [-0.4, -0.2) is 49.9 Å². The first-order valence-electron chi connectivity index (χ1n) is 11.4. The Hall–Kier alpha value is -2.57. The molecule has 0 radical (unpaired) electrons. The zero-order valence-corrected chi connectivity index (χ0v) is 19.5. The molecule has 2 aliphatic rings. The number of aryl methyl sites for hydroxylation is 2. The average molecular weight is 455 g/mol. The van der Waals surface area contributed by atoms with E-state index in [9.17, 15) is 9.59 Å². The number of carbonyl (C=O) groups is 2. The molecule has 2 aromatic carbocycles. The van der Waals surface area contributed by atoms with E-state index in [1.807, 2.05) is 13.0 Å². The highest BCUT2D eigenvalue weighted by Crippen LogP contribution is 2.32. The molecule has 7 heteroatoms. The number of hydrogen-bond donors (Lipinski definition) is 2. The molecule has 0 unspecified atom stereocenters. The molecule has 2 aromatic rings.